The topological polar surface area (TPSA) is 85.6 Å². The number of aryl methyl sites for hydroxylation is 2. The first-order valence-corrected chi connectivity index (χ1v) is 10.9. The average Bonchev–Trinajstić information content (AvgIpc) is 3.14. The lowest BCUT2D eigenvalue weighted by Gasteiger charge is -2.25. The second-order valence-corrected chi connectivity index (χ2v) is 7.60. The van der Waals surface area contributed by atoms with Crippen molar-refractivity contribution in [1.29, 1.82) is 0 Å². The lowest BCUT2D eigenvalue weighted by molar-refractivity contribution is 0.0205. The van der Waals surface area contributed by atoms with Gasteiger partial charge in [-0.2, -0.15) is 5.10 Å². The number of nitrogens with zero attached hydrogens (tertiary/aromatic N) is 4. The minimum absolute atomic E-state index is 0.335. The van der Waals surface area contributed by atoms with Crippen molar-refractivity contribution in [2.75, 3.05) is 39.5 Å². The van der Waals surface area contributed by atoms with Crippen LogP contribution in [0.15, 0.2) is 4.99 Å². The Labute approximate surface area is 168 Å². The molecule has 2 N–H and O–H groups in total. The fourth-order valence-electron chi connectivity index (χ4n) is 3.66. The Bertz CT molecular complexity index is 612. The van der Waals surface area contributed by atoms with Gasteiger partial charge in [-0.15, -0.1) is 0 Å². The Hall–Kier alpha value is -1.67. The fourth-order valence-corrected chi connectivity index (χ4v) is 3.66. The van der Waals surface area contributed by atoms with E-state index in [0.29, 0.717) is 12.0 Å². The molecule has 1 atom stereocenters. The van der Waals surface area contributed by atoms with E-state index in [-0.39, 0.29) is 0 Å². The molecule has 0 bridgehead atoms. The van der Waals surface area contributed by atoms with Crippen LogP contribution in [0.4, 0.5) is 0 Å². The SMILES string of the molecule is CCNC(=NCCCOCC1CCOCC1)NC1CCc2nc(CC)nn2C1. The van der Waals surface area contributed by atoms with E-state index >= 15 is 0 Å². The first-order chi connectivity index (χ1) is 13.8. The van der Waals surface area contributed by atoms with Crippen LogP contribution in [0.1, 0.15) is 51.2 Å². The van der Waals surface area contributed by atoms with Gasteiger partial charge in [0.05, 0.1) is 6.54 Å². The van der Waals surface area contributed by atoms with E-state index in [2.05, 4.69) is 34.6 Å². The van der Waals surface area contributed by atoms with Gasteiger partial charge >= 0.3 is 0 Å². The molecule has 1 aromatic heterocycles. The van der Waals surface area contributed by atoms with Gasteiger partial charge in [0.15, 0.2) is 11.8 Å². The van der Waals surface area contributed by atoms with E-state index < -0.39 is 0 Å². The minimum Gasteiger partial charge on any atom is -0.381 e. The van der Waals surface area contributed by atoms with Crippen LogP contribution in [0.3, 0.4) is 0 Å². The van der Waals surface area contributed by atoms with E-state index in [1.165, 1.54) is 0 Å². The summed E-state index contributed by atoms with van der Waals surface area (Å²) in [4.78, 5) is 9.31. The van der Waals surface area contributed by atoms with E-state index in [9.17, 15) is 0 Å². The summed E-state index contributed by atoms with van der Waals surface area (Å²) in [6.45, 7) is 10.1. The van der Waals surface area contributed by atoms with Crippen molar-refractivity contribution in [3.63, 3.8) is 0 Å². The Morgan fingerprint density at radius 1 is 1.29 bits per heavy atom. The number of hydrogen-bond donors (Lipinski definition) is 2. The summed E-state index contributed by atoms with van der Waals surface area (Å²) in [7, 11) is 0. The molecule has 28 heavy (non-hydrogen) atoms. The molecule has 1 saturated heterocycles. The van der Waals surface area contributed by atoms with Gasteiger partial charge in [0.1, 0.15) is 5.82 Å². The van der Waals surface area contributed by atoms with Crippen LogP contribution in [0.5, 0.6) is 0 Å². The summed E-state index contributed by atoms with van der Waals surface area (Å²) in [6.07, 6.45) is 6.10. The standard InChI is InChI=1S/C20H36N6O2/c1-3-18-24-19-7-6-17(14-26(19)25-18)23-20(21-4-2)22-10-5-11-28-15-16-8-12-27-13-9-16/h16-17H,3-15H2,1-2H3,(H2,21,22,23). The van der Waals surface area contributed by atoms with Gasteiger partial charge < -0.3 is 20.1 Å². The molecule has 8 heteroatoms. The Morgan fingerprint density at radius 2 is 2.14 bits per heavy atom. The van der Waals surface area contributed by atoms with Crippen molar-refractivity contribution < 1.29 is 9.47 Å². The van der Waals surface area contributed by atoms with Crippen molar-refractivity contribution in [3.05, 3.63) is 11.6 Å². The maximum Gasteiger partial charge on any atom is 0.191 e. The number of hydrogen-bond acceptors (Lipinski definition) is 5. The van der Waals surface area contributed by atoms with Crippen LogP contribution in [0, 0.1) is 5.92 Å². The van der Waals surface area contributed by atoms with Crippen molar-refractivity contribution in [2.24, 2.45) is 10.9 Å². The predicted molar refractivity (Wildman–Crippen MR) is 110 cm³/mol. The van der Waals surface area contributed by atoms with Crippen LogP contribution < -0.4 is 10.6 Å². The summed E-state index contributed by atoms with van der Waals surface area (Å²) in [6, 6.07) is 0.335. The molecule has 0 aromatic carbocycles. The van der Waals surface area contributed by atoms with Gasteiger partial charge in [0.25, 0.3) is 0 Å². The number of rotatable bonds is 9. The van der Waals surface area contributed by atoms with Crippen LogP contribution in [0.2, 0.25) is 0 Å². The molecule has 158 valence electrons. The molecule has 0 radical (unpaired) electrons. The normalized spacial score (nSPS) is 20.8. The van der Waals surface area contributed by atoms with Crippen LogP contribution in [-0.4, -0.2) is 66.3 Å². The lowest BCUT2D eigenvalue weighted by Crippen LogP contribution is -2.47. The van der Waals surface area contributed by atoms with Gasteiger partial charge in [0, 0.05) is 58.4 Å². The highest BCUT2D eigenvalue weighted by atomic mass is 16.5. The molecule has 8 nitrogen and oxygen atoms in total. The van der Waals surface area contributed by atoms with Crippen molar-refractivity contribution >= 4 is 5.96 Å². The van der Waals surface area contributed by atoms with Gasteiger partial charge in [-0.25, -0.2) is 9.67 Å². The van der Waals surface area contributed by atoms with Gasteiger partial charge in [-0.05, 0) is 38.5 Å². The summed E-state index contributed by atoms with van der Waals surface area (Å²) < 4.78 is 13.3. The smallest absolute Gasteiger partial charge is 0.191 e. The van der Waals surface area contributed by atoms with Crippen molar-refractivity contribution in [1.82, 2.24) is 25.4 Å². The van der Waals surface area contributed by atoms with Crippen LogP contribution in [-0.2, 0) is 28.9 Å². The molecular formula is C20H36N6O2. The second kappa shape index (κ2) is 11.4. The summed E-state index contributed by atoms with van der Waals surface area (Å²) in [5.41, 5.74) is 0. The molecule has 2 aliphatic rings. The summed E-state index contributed by atoms with van der Waals surface area (Å²) in [5, 5.41) is 11.5. The molecule has 0 amide bonds. The highest BCUT2D eigenvalue weighted by Crippen LogP contribution is 2.15. The third-order valence-corrected chi connectivity index (χ3v) is 5.31. The highest BCUT2D eigenvalue weighted by Gasteiger charge is 2.22. The molecule has 3 heterocycles. The third-order valence-electron chi connectivity index (χ3n) is 5.31. The van der Waals surface area contributed by atoms with E-state index in [1.807, 2.05) is 4.68 Å². The van der Waals surface area contributed by atoms with Crippen LogP contribution >= 0.6 is 0 Å². The van der Waals surface area contributed by atoms with Crippen molar-refractivity contribution in [2.45, 2.75) is 65.0 Å². The molecule has 0 aliphatic carbocycles. The molecule has 1 unspecified atom stereocenters. The molecule has 0 spiro atoms. The largest absolute Gasteiger partial charge is 0.381 e. The summed E-state index contributed by atoms with van der Waals surface area (Å²) >= 11 is 0. The van der Waals surface area contributed by atoms with E-state index in [4.69, 9.17) is 14.5 Å². The van der Waals surface area contributed by atoms with Crippen LogP contribution in [0.25, 0.3) is 0 Å². The lowest BCUT2D eigenvalue weighted by atomic mass is 10.0. The number of guanidine groups is 1. The number of aromatic nitrogens is 3. The fraction of sp³-hybridized carbons (Fsp3) is 0.850. The molecular weight excluding hydrogens is 356 g/mol. The summed E-state index contributed by atoms with van der Waals surface area (Å²) in [5.74, 6) is 3.60. The first-order valence-electron chi connectivity index (χ1n) is 10.9. The zero-order valence-electron chi connectivity index (χ0n) is 17.5. The molecule has 3 rings (SSSR count). The average molecular weight is 393 g/mol. The van der Waals surface area contributed by atoms with E-state index in [1.54, 1.807) is 0 Å². The van der Waals surface area contributed by atoms with Gasteiger partial charge in [-0.3, -0.25) is 4.99 Å². The monoisotopic (exact) mass is 392 g/mol. The third kappa shape index (κ3) is 6.44. The Balaban J connectivity index is 1.37. The predicted octanol–water partition coefficient (Wildman–Crippen LogP) is 1.54. The van der Waals surface area contributed by atoms with Gasteiger partial charge in [-0.1, -0.05) is 6.92 Å². The number of fused-ring (bicyclic) bond motifs is 1. The maximum atomic E-state index is 5.83. The zero-order valence-corrected chi connectivity index (χ0v) is 17.5. The second-order valence-electron chi connectivity index (χ2n) is 7.60. The first kappa shape index (κ1) is 21.0. The Morgan fingerprint density at radius 3 is 2.93 bits per heavy atom. The number of ether oxygens (including phenoxy) is 2. The van der Waals surface area contributed by atoms with Crippen molar-refractivity contribution in [3.8, 4) is 0 Å². The molecule has 0 saturated carbocycles. The quantitative estimate of drug-likeness (QED) is 0.377. The highest BCUT2D eigenvalue weighted by molar-refractivity contribution is 5.80. The molecule has 1 aromatic rings. The Kier molecular flexibility index (Phi) is 8.54. The van der Waals surface area contributed by atoms with E-state index in [0.717, 1.165) is 102 Å². The maximum absolute atomic E-state index is 5.83. The number of aliphatic imine (C=N–C) groups is 1. The zero-order chi connectivity index (χ0) is 19.6. The van der Waals surface area contributed by atoms with Gasteiger partial charge in [0.2, 0.25) is 0 Å². The number of nitrogens with one attached hydrogen (secondary N) is 2. The minimum atomic E-state index is 0.335. The molecule has 1 fully saturated rings. The molecule has 2 aliphatic heterocycles.